The van der Waals surface area contributed by atoms with E-state index < -0.39 is 0 Å². The molecule has 7 heteroatoms. The molecule has 0 bridgehead atoms. The summed E-state index contributed by atoms with van der Waals surface area (Å²) in [5.41, 5.74) is 1.31. The van der Waals surface area contributed by atoms with Gasteiger partial charge < -0.3 is 10.6 Å². The van der Waals surface area contributed by atoms with Crippen molar-refractivity contribution in [3.05, 3.63) is 64.4 Å². The van der Waals surface area contributed by atoms with Crippen LogP contribution in [0.5, 0.6) is 0 Å². The molecule has 2 heterocycles. The topological polar surface area (TPSA) is 90.7 Å². The number of carbonyl (C=O) groups excluding carboxylic acids is 1. The minimum absolute atomic E-state index is 0.130. The summed E-state index contributed by atoms with van der Waals surface area (Å²) in [5.74, 6) is 0.795. The molecule has 0 aliphatic heterocycles. The molecule has 0 radical (unpaired) electrons. The smallest absolute Gasteiger partial charge is 0.230 e. The van der Waals surface area contributed by atoms with E-state index in [0.717, 1.165) is 10.6 Å². The molecule has 3 rings (SSSR count). The van der Waals surface area contributed by atoms with Crippen LogP contribution in [-0.4, -0.2) is 16.1 Å². The molecular formula is C17H13N5OS. The standard InChI is InChI=1S/C17H13N5OS/c18-11-12-3-1-4-13(9-12)19-15-6-7-16(22-21-15)20-17(23)10-14-5-2-8-24-14/h1-9H,10H2,(H,19,21)(H,20,22,23). The number of thiophene rings is 1. The van der Waals surface area contributed by atoms with Crippen molar-refractivity contribution >= 4 is 34.6 Å². The first kappa shape index (κ1) is 15.6. The SMILES string of the molecule is N#Cc1cccc(Nc2ccc(NC(=O)Cc3cccs3)nn2)c1. The van der Waals surface area contributed by atoms with Crippen LogP contribution in [0.4, 0.5) is 17.3 Å². The maximum atomic E-state index is 11.9. The number of nitrogens with one attached hydrogen (secondary N) is 2. The average Bonchev–Trinajstić information content (AvgIpc) is 3.09. The number of anilines is 3. The third kappa shape index (κ3) is 4.15. The summed E-state index contributed by atoms with van der Waals surface area (Å²) < 4.78 is 0. The van der Waals surface area contributed by atoms with Gasteiger partial charge in [0.15, 0.2) is 11.6 Å². The van der Waals surface area contributed by atoms with Gasteiger partial charge in [-0.1, -0.05) is 12.1 Å². The van der Waals surface area contributed by atoms with Crippen molar-refractivity contribution in [1.82, 2.24) is 10.2 Å². The molecule has 0 fully saturated rings. The van der Waals surface area contributed by atoms with E-state index >= 15 is 0 Å². The van der Waals surface area contributed by atoms with Gasteiger partial charge >= 0.3 is 0 Å². The van der Waals surface area contributed by atoms with Crippen LogP contribution >= 0.6 is 11.3 Å². The van der Waals surface area contributed by atoms with Crippen LogP contribution in [-0.2, 0) is 11.2 Å². The largest absolute Gasteiger partial charge is 0.339 e. The van der Waals surface area contributed by atoms with E-state index in [-0.39, 0.29) is 5.91 Å². The lowest BCUT2D eigenvalue weighted by Gasteiger charge is -2.06. The Kier molecular flexibility index (Phi) is 4.79. The quantitative estimate of drug-likeness (QED) is 0.746. The van der Waals surface area contributed by atoms with Crippen LogP contribution in [0, 0.1) is 11.3 Å². The molecule has 0 aliphatic rings. The number of hydrogen-bond donors (Lipinski definition) is 2. The Labute approximate surface area is 142 Å². The molecule has 2 N–H and O–H groups in total. The summed E-state index contributed by atoms with van der Waals surface area (Å²) in [5, 5.41) is 24.6. The molecule has 3 aromatic rings. The number of benzene rings is 1. The highest BCUT2D eigenvalue weighted by Crippen LogP contribution is 2.16. The second-order valence-corrected chi connectivity index (χ2v) is 5.96. The van der Waals surface area contributed by atoms with Crippen molar-refractivity contribution < 1.29 is 4.79 Å². The number of hydrogen-bond acceptors (Lipinski definition) is 6. The Morgan fingerprint density at radius 1 is 1.12 bits per heavy atom. The highest BCUT2D eigenvalue weighted by molar-refractivity contribution is 7.10. The molecule has 0 atom stereocenters. The van der Waals surface area contributed by atoms with Crippen LogP contribution in [0.2, 0.25) is 0 Å². The van der Waals surface area contributed by atoms with Gasteiger partial charge in [-0.25, -0.2) is 0 Å². The zero-order valence-corrected chi connectivity index (χ0v) is 13.4. The van der Waals surface area contributed by atoms with Gasteiger partial charge in [-0.3, -0.25) is 4.79 Å². The zero-order chi connectivity index (χ0) is 16.8. The molecule has 6 nitrogen and oxygen atoms in total. The number of nitrogens with zero attached hydrogens (tertiary/aromatic N) is 3. The highest BCUT2D eigenvalue weighted by Gasteiger charge is 2.06. The fourth-order valence-electron chi connectivity index (χ4n) is 2.04. The van der Waals surface area contributed by atoms with Gasteiger partial charge in [-0.15, -0.1) is 21.5 Å². The van der Waals surface area contributed by atoms with Crippen LogP contribution in [0.15, 0.2) is 53.9 Å². The molecule has 1 amide bonds. The number of amides is 1. The predicted octanol–water partition coefficient (Wildman–Crippen LogP) is 3.33. The maximum absolute atomic E-state index is 11.9. The molecular weight excluding hydrogens is 322 g/mol. The summed E-state index contributed by atoms with van der Waals surface area (Å²) in [4.78, 5) is 12.9. The lowest BCUT2D eigenvalue weighted by atomic mass is 10.2. The van der Waals surface area contributed by atoms with Crippen LogP contribution < -0.4 is 10.6 Å². The summed E-state index contributed by atoms with van der Waals surface area (Å²) in [6.07, 6.45) is 0.320. The summed E-state index contributed by atoms with van der Waals surface area (Å²) >= 11 is 1.54. The second-order valence-electron chi connectivity index (χ2n) is 4.93. The number of carbonyl (C=O) groups is 1. The van der Waals surface area contributed by atoms with Crippen molar-refractivity contribution in [2.24, 2.45) is 0 Å². The first-order chi connectivity index (χ1) is 11.7. The van der Waals surface area contributed by atoms with E-state index in [1.807, 2.05) is 23.6 Å². The normalized spacial score (nSPS) is 9.96. The van der Waals surface area contributed by atoms with Gasteiger partial charge in [-0.2, -0.15) is 5.26 Å². The Hall–Kier alpha value is -3.24. The Bertz CT molecular complexity index is 869. The van der Waals surface area contributed by atoms with Crippen molar-refractivity contribution in [3.63, 3.8) is 0 Å². The molecule has 0 saturated heterocycles. The van der Waals surface area contributed by atoms with Crippen LogP contribution in [0.3, 0.4) is 0 Å². The van der Waals surface area contributed by atoms with Crippen molar-refractivity contribution in [1.29, 1.82) is 5.26 Å². The van der Waals surface area contributed by atoms with Gasteiger partial charge in [0.2, 0.25) is 5.91 Å². The minimum Gasteiger partial charge on any atom is -0.339 e. The molecule has 118 valence electrons. The van der Waals surface area contributed by atoms with E-state index in [4.69, 9.17) is 5.26 Å². The first-order valence-electron chi connectivity index (χ1n) is 7.16. The third-order valence-corrected chi connectivity index (χ3v) is 3.99. The maximum Gasteiger partial charge on any atom is 0.230 e. The monoisotopic (exact) mass is 335 g/mol. The summed E-state index contributed by atoms with van der Waals surface area (Å²) in [6.45, 7) is 0. The molecule has 2 aromatic heterocycles. The Morgan fingerprint density at radius 2 is 1.96 bits per heavy atom. The van der Waals surface area contributed by atoms with Gasteiger partial charge in [0.1, 0.15) is 0 Å². The predicted molar refractivity (Wildman–Crippen MR) is 93.1 cm³/mol. The zero-order valence-electron chi connectivity index (χ0n) is 12.6. The molecule has 1 aromatic carbocycles. The fraction of sp³-hybridized carbons (Fsp3) is 0.0588. The van der Waals surface area contributed by atoms with Crippen molar-refractivity contribution in [2.75, 3.05) is 10.6 Å². The lowest BCUT2D eigenvalue weighted by Crippen LogP contribution is -2.15. The van der Waals surface area contributed by atoms with Crippen LogP contribution in [0.1, 0.15) is 10.4 Å². The number of nitriles is 1. The van der Waals surface area contributed by atoms with E-state index in [0.29, 0.717) is 23.6 Å². The van der Waals surface area contributed by atoms with E-state index in [9.17, 15) is 4.79 Å². The first-order valence-corrected chi connectivity index (χ1v) is 8.04. The van der Waals surface area contributed by atoms with Gasteiger partial charge in [0, 0.05) is 10.6 Å². The highest BCUT2D eigenvalue weighted by atomic mass is 32.1. The van der Waals surface area contributed by atoms with Gasteiger partial charge in [-0.05, 0) is 41.8 Å². The summed E-state index contributed by atoms with van der Waals surface area (Å²) in [6, 6.07) is 16.4. The van der Waals surface area contributed by atoms with Crippen molar-refractivity contribution in [3.8, 4) is 6.07 Å². The molecule has 0 aliphatic carbocycles. The Balaban J connectivity index is 1.60. The van der Waals surface area contributed by atoms with E-state index in [1.165, 1.54) is 11.3 Å². The van der Waals surface area contributed by atoms with Crippen molar-refractivity contribution in [2.45, 2.75) is 6.42 Å². The van der Waals surface area contributed by atoms with E-state index in [2.05, 4.69) is 26.9 Å². The fourth-order valence-corrected chi connectivity index (χ4v) is 2.74. The number of rotatable bonds is 5. The molecule has 0 spiro atoms. The van der Waals surface area contributed by atoms with E-state index in [1.54, 1.807) is 30.3 Å². The number of aromatic nitrogens is 2. The average molecular weight is 335 g/mol. The third-order valence-electron chi connectivity index (χ3n) is 3.11. The Morgan fingerprint density at radius 3 is 2.67 bits per heavy atom. The van der Waals surface area contributed by atoms with Gasteiger partial charge in [0.05, 0.1) is 18.1 Å². The molecule has 0 saturated carbocycles. The lowest BCUT2D eigenvalue weighted by molar-refractivity contribution is -0.115. The molecule has 0 unspecified atom stereocenters. The van der Waals surface area contributed by atoms with Crippen LogP contribution in [0.25, 0.3) is 0 Å². The molecule has 24 heavy (non-hydrogen) atoms. The summed E-state index contributed by atoms with van der Waals surface area (Å²) in [7, 11) is 0. The second kappa shape index (κ2) is 7.35. The van der Waals surface area contributed by atoms with Gasteiger partial charge in [0.25, 0.3) is 0 Å². The minimum atomic E-state index is -0.130.